The molecule has 1 aromatic rings. The molecule has 0 radical (unpaired) electrons. The summed E-state index contributed by atoms with van der Waals surface area (Å²) < 4.78 is 0. The minimum atomic E-state index is -0.391. The zero-order valence-corrected chi connectivity index (χ0v) is 11.7. The van der Waals surface area contributed by atoms with E-state index in [4.69, 9.17) is 0 Å². The van der Waals surface area contributed by atoms with Crippen molar-refractivity contribution in [2.45, 2.75) is 25.0 Å². The maximum Gasteiger partial charge on any atom is 0.276 e. The van der Waals surface area contributed by atoms with E-state index in [1.807, 2.05) is 18.7 Å². The predicted molar refractivity (Wildman–Crippen MR) is 79.0 cm³/mol. The van der Waals surface area contributed by atoms with Crippen molar-refractivity contribution >= 4 is 29.1 Å². The molecule has 2 N–H and O–H groups in total. The van der Waals surface area contributed by atoms with Crippen LogP contribution in [-0.2, 0) is 0 Å². The van der Waals surface area contributed by atoms with Crippen LogP contribution in [0.1, 0.15) is 19.8 Å². The topological polar surface area (TPSA) is 80.1 Å². The third-order valence-corrected chi connectivity index (χ3v) is 4.31. The van der Waals surface area contributed by atoms with Crippen LogP contribution < -0.4 is 10.6 Å². The summed E-state index contributed by atoms with van der Waals surface area (Å²) in [7, 11) is 0. The molecule has 1 unspecified atom stereocenters. The summed E-state index contributed by atoms with van der Waals surface area (Å²) in [5, 5.41) is 17.7. The van der Waals surface area contributed by atoms with Crippen LogP contribution in [0.25, 0.3) is 0 Å². The van der Waals surface area contributed by atoms with Crippen LogP contribution in [0.15, 0.2) is 12.1 Å². The lowest BCUT2D eigenvalue weighted by Crippen LogP contribution is -2.15. The molecular weight excluding hydrogens is 264 g/mol. The first-order valence-electron chi connectivity index (χ1n) is 6.45. The Bertz CT molecular complexity index is 449. The van der Waals surface area contributed by atoms with E-state index in [2.05, 4.69) is 15.6 Å². The normalized spacial score (nSPS) is 18.3. The molecule has 6 nitrogen and oxygen atoms in total. The molecule has 2 heterocycles. The maximum atomic E-state index is 10.9. The largest absolute Gasteiger partial charge is 0.370 e. The molecule has 7 heteroatoms. The second-order valence-corrected chi connectivity index (χ2v) is 5.81. The van der Waals surface area contributed by atoms with Crippen LogP contribution >= 0.6 is 11.8 Å². The molecule has 0 aliphatic carbocycles. The van der Waals surface area contributed by atoms with Crippen LogP contribution in [0, 0.1) is 10.1 Å². The summed E-state index contributed by atoms with van der Waals surface area (Å²) in [4.78, 5) is 14.8. The fourth-order valence-electron chi connectivity index (χ4n) is 2.01. The van der Waals surface area contributed by atoms with Gasteiger partial charge in [-0.15, -0.1) is 0 Å². The van der Waals surface area contributed by atoms with Gasteiger partial charge in [0, 0.05) is 18.3 Å². The number of hydrogen-bond donors (Lipinski definition) is 2. The Morgan fingerprint density at radius 3 is 2.79 bits per heavy atom. The van der Waals surface area contributed by atoms with Crippen molar-refractivity contribution in [1.29, 1.82) is 0 Å². The van der Waals surface area contributed by atoms with Gasteiger partial charge in [0.15, 0.2) is 0 Å². The molecule has 19 heavy (non-hydrogen) atoms. The lowest BCUT2D eigenvalue weighted by molar-refractivity contribution is -0.384. The first kappa shape index (κ1) is 13.9. The molecule has 1 aliphatic heterocycles. The smallest absolute Gasteiger partial charge is 0.276 e. The number of rotatable bonds is 6. The Labute approximate surface area is 116 Å². The summed E-state index contributed by atoms with van der Waals surface area (Å²) in [6, 6.07) is 2.94. The maximum absolute atomic E-state index is 10.9. The van der Waals surface area contributed by atoms with Gasteiger partial charge in [-0.3, -0.25) is 10.1 Å². The number of nitro groups is 1. The Balaban J connectivity index is 2.06. The van der Waals surface area contributed by atoms with Gasteiger partial charge in [0.2, 0.25) is 0 Å². The molecular formula is C12H18N4O2S. The number of pyridine rings is 1. The van der Waals surface area contributed by atoms with Gasteiger partial charge in [-0.05, 0) is 25.5 Å². The lowest BCUT2D eigenvalue weighted by Gasteiger charge is -2.11. The highest BCUT2D eigenvalue weighted by Crippen LogP contribution is 2.27. The minimum Gasteiger partial charge on any atom is -0.370 e. The van der Waals surface area contributed by atoms with E-state index in [0.717, 1.165) is 6.54 Å². The quantitative estimate of drug-likeness (QED) is 0.617. The van der Waals surface area contributed by atoms with Gasteiger partial charge in [-0.25, -0.2) is 4.98 Å². The van der Waals surface area contributed by atoms with Crippen molar-refractivity contribution in [2.75, 3.05) is 29.5 Å². The molecule has 1 fully saturated rings. The van der Waals surface area contributed by atoms with E-state index >= 15 is 0 Å². The number of thioether (sulfide) groups is 1. The van der Waals surface area contributed by atoms with Crippen molar-refractivity contribution < 1.29 is 4.92 Å². The van der Waals surface area contributed by atoms with Gasteiger partial charge in [-0.2, -0.15) is 11.8 Å². The second-order valence-electron chi connectivity index (χ2n) is 4.40. The summed E-state index contributed by atoms with van der Waals surface area (Å²) in [6.45, 7) is 3.43. The monoisotopic (exact) mass is 282 g/mol. The predicted octanol–water partition coefficient (Wildman–Crippen LogP) is 2.73. The summed E-state index contributed by atoms with van der Waals surface area (Å²) >= 11 is 1.95. The summed E-state index contributed by atoms with van der Waals surface area (Å²) in [5.41, 5.74) is 0.0625. The Kier molecular flexibility index (Phi) is 4.84. The summed E-state index contributed by atoms with van der Waals surface area (Å²) in [5.74, 6) is 2.31. The van der Waals surface area contributed by atoms with Crippen molar-refractivity contribution in [1.82, 2.24) is 4.98 Å². The van der Waals surface area contributed by atoms with Crippen LogP contribution in [0.4, 0.5) is 17.3 Å². The SMILES string of the molecule is CCNc1cc([N+](=O)[O-])cc(NCC2CCCS2)n1. The van der Waals surface area contributed by atoms with Gasteiger partial charge < -0.3 is 10.6 Å². The average molecular weight is 282 g/mol. The molecule has 1 saturated heterocycles. The van der Waals surface area contributed by atoms with Gasteiger partial charge in [0.05, 0.1) is 17.1 Å². The van der Waals surface area contributed by atoms with Crippen LogP contribution in [0.5, 0.6) is 0 Å². The third-order valence-electron chi connectivity index (χ3n) is 2.91. The van der Waals surface area contributed by atoms with Gasteiger partial charge in [0.1, 0.15) is 11.6 Å². The zero-order chi connectivity index (χ0) is 13.7. The van der Waals surface area contributed by atoms with Gasteiger partial charge in [0.25, 0.3) is 5.69 Å². The number of aromatic nitrogens is 1. The zero-order valence-electron chi connectivity index (χ0n) is 10.9. The van der Waals surface area contributed by atoms with Gasteiger partial charge >= 0.3 is 0 Å². The standard InChI is InChI=1S/C12H18N4O2S/c1-2-13-11-6-9(16(17)18)7-12(15-11)14-8-10-4-3-5-19-10/h6-7,10H,2-5,8H2,1H3,(H2,13,14,15). The molecule has 0 spiro atoms. The van der Waals surface area contributed by atoms with E-state index < -0.39 is 4.92 Å². The van der Waals surface area contributed by atoms with E-state index in [0.29, 0.717) is 23.4 Å². The highest BCUT2D eigenvalue weighted by atomic mass is 32.2. The van der Waals surface area contributed by atoms with Crippen LogP contribution in [0.3, 0.4) is 0 Å². The first-order valence-corrected chi connectivity index (χ1v) is 7.49. The molecule has 1 aliphatic rings. The molecule has 0 aromatic carbocycles. The third kappa shape index (κ3) is 3.99. The molecule has 0 saturated carbocycles. The number of nitrogens with one attached hydrogen (secondary N) is 2. The number of hydrogen-bond acceptors (Lipinski definition) is 6. The molecule has 0 amide bonds. The highest BCUT2D eigenvalue weighted by molar-refractivity contribution is 8.00. The summed E-state index contributed by atoms with van der Waals surface area (Å²) in [6.07, 6.45) is 2.45. The fourth-order valence-corrected chi connectivity index (χ4v) is 3.21. The highest BCUT2D eigenvalue weighted by Gasteiger charge is 2.16. The minimum absolute atomic E-state index is 0.0625. The Hall–Kier alpha value is -1.50. The lowest BCUT2D eigenvalue weighted by atomic mass is 10.2. The van der Waals surface area contributed by atoms with E-state index in [-0.39, 0.29) is 5.69 Å². The van der Waals surface area contributed by atoms with Crippen molar-refractivity contribution in [3.05, 3.63) is 22.2 Å². The van der Waals surface area contributed by atoms with Crippen molar-refractivity contribution in [2.24, 2.45) is 0 Å². The van der Waals surface area contributed by atoms with E-state index in [1.54, 1.807) is 0 Å². The average Bonchev–Trinajstić information content (AvgIpc) is 2.89. The fraction of sp³-hybridized carbons (Fsp3) is 0.583. The number of nitrogens with zero attached hydrogens (tertiary/aromatic N) is 2. The van der Waals surface area contributed by atoms with E-state index in [9.17, 15) is 10.1 Å². The van der Waals surface area contributed by atoms with Crippen molar-refractivity contribution in [3.63, 3.8) is 0 Å². The molecule has 2 rings (SSSR count). The van der Waals surface area contributed by atoms with E-state index in [1.165, 1.54) is 30.7 Å². The van der Waals surface area contributed by atoms with Crippen LogP contribution in [-0.4, -0.2) is 34.0 Å². The van der Waals surface area contributed by atoms with Gasteiger partial charge in [-0.1, -0.05) is 0 Å². The second kappa shape index (κ2) is 6.60. The molecule has 1 atom stereocenters. The Morgan fingerprint density at radius 1 is 1.47 bits per heavy atom. The molecule has 0 bridgehead atoms. The first-order chi connectivity index (χ1) is 9.19. The molecule has 1 aromatic heterocycles. The van der Waals surface area contributed by atoms with Crippen LogP contribution in [0.2, 0.25) is 0 Å². The molecule has 104 valence electrons. The Morgan fingerprint density at radius 2 is 2.21 bits per heavy atom. The van der Waals surface area contributed by atoms with Crippen molar-refractivity contribution in [3.8, 4) is 0 Å². The number of anilines is 2.